The number of rotatable bonds is 3. The zero-order chi connectivity index (χ0) is 15.1. The molecule has 0 fully saturated rings. The Balaban J connectivity index is 1.94. The summed E-state index contributed by atoms with van der Waals surface area (Å²) < 4.78 is 5.17. The van der Waals surface area contributed by atoms with E-state index in [4.69, 9.17) is 21.1 Å². The van der Waals surface area contributed by atoms with Crippen molar-refractivity contribution in [3.05, 3.63) is 51.9 Å². The number of nitrogens with zero attached hydrogens (tertiary/aromatic N) is 1. The summed E-state index contributed by atoms with van der Waals surface area (Å²) in [6, 6.07) is 6.78. The molecular formula is C15H12ClNO4. The molecule has 0 bridgehead atoms. The number of carbonyl (C=O) groups excluding carboxylic acids is 1. The summed E-state index contributed by atoms with van der Waals surface area (Å²) in [7, 11) is 0. The molecule has 1 aliphatic rings. The van der Waals surface area contributed by atoms with E-state index in [-0.39, 0.29) is 18.2 Å². The summed E-state index contributed by atoms with van der Waals surface area (Å²) in [5.74, 6) is -0.790. The highest BCUT2D eigenvalue weighted by Gasteiger charge is 2.28. The summed E-state index contributed by atoms with van der Waals surface area (Å²) in [4.78, 5) is 24.7. The Bertz CT molecular complexity index is 750. The Hall–Kier alpha value is -2.27. The van der Waals surface area contributed by atoms with Gasteiger partial charge in [0, 0.05) is 16.3 Å². The number of halogens is 1. The molecule has 0 saturated carbocycles. The van der Waals surface area contributed by atoms with Gasteiger partial charge in [0.25, 0.3) is 0 Å². The number of aryl methyl sites for hydroxylation is 1. The maximum absolute atomic E-state index is 12.1. The number of anilines is 1. The van der Waals surface area contributed by atoms with E-state index in [0.717, 1.165) is 11.3 Å². The number of fused-ring (bicyclic) bond motifs is 1. The van der Waals surface area contributed by atoms with Crippen LogP contribution >= 0.6 is 11.6 Å². The highest BCUT2D eigenvalue weighted by molar-refractivity contribution is 6.31. The lowest BCUT2D eigenvalue weighted by molar-refractivity contribution is -0.117. The van der Waals surface area contributed by atoms with Crippen molar-refractivity contribution in [1.82, 2.24) is 0 Å². The van der Waals surface area contributed by atoms with E-state index in [1.54, 1.807) is 24.0 Å². The molecule has 5 nitrogen and oxygen atoms in total. The maximum Gasteiger partial charge on any atom is 0.371 e. The number of carboxylic acids is 1. The van der Waals surface area contributed by atoms with E-state index < -0.39 is 5.97 Å². The molecule has 3 rings (SSSR count). The van der Waals surface area contributed by atoms with Crippen LogP contribution in [0.25, 0.3) is 0 Å². The van der Waals surface area contributed by atoms with E-state index >= 15 is 0 Å². The lowest BCUT2D eigenvalue weighted by Gasteiger charge is -2.17. The number of carbonyl (C=O) groups is 2. The van der Waals surface area contributed by atoms with Crippen molar-refractivity contribution >= 4 is 29.2 Å². The average Bonchev–Trinajstić information content (AvgIpc) is 2.93. The fourth-order valence-corrected chi connectivity index (χ4v) is 2.62. The van der Waals surface area contributed by atoms with Crippen molar-refractivity contribution in [2.45, 2.75) is 19.9 Å². The van der Waals surface area contributed by atoms with Gasteiger partial charge in [0.15, 0.2) is 0 Å². The topological polar surface area (TPSA) is 70.8 Å². The van der Waals surface area contributed by atoms with Crippen molar-refractivity contribution in [1.29, 1.82) is 0 Å². The van der Waals surface area contributed by atoms with E-state index in [1.807, 2.05) is 6.07 Å². The molecule has 1 amide bonds. The summed E-state index contributed by atoms with van der Waals surface area (Å²) in [6.07, 6.45) is 0.329. The van der Waals surface area contributed by atoms with Gasteiger partial charge in [-0.3, -0.25) is 4.79 Å². The second-order valence-electron chi connectivity index (χ2n) is 4.93. The molecule has 2 heterocycles. The number of hydrogen-bond acceptors (Lipinski definition) is 3. The molecule has 0 aliphatic carbocycles. The zero-order valence-electron chi connectivity index (χ0n) is 11.2. The Morgan fingerprint density at radius 3 is 2.86 bits per heavy atom. The van der Waals surface area contributed by atoms with Gasteiger partial charge >= 0.3 is 5.97 Å². The summed E-state index contributed by atoms with van der Waals surface area (Å²) >= 11 is 5.98. The van der Waals surface area contributed by atoms with Crippen LogP contribution in [0, 0.1) is 6.92 Å². The monoisotopic (exact) mass is 305 g/mol. The second kappa shape index (κ2) is 4.93. The molecule has 1 N–H and O–H groups in total. The summed E-state index contributed by atoms with van der Waals surface area (Å²) in [5.41, 5.74) is 2.36. The molecule has 1 aromatic heterocycles. The normalized spacial score (nSPS) is 13.6. The number of benzene rings is 1. The number of carboxylic acid groups (broad SMARTS) is 1. The van der Waals surface area contributed by atoms with Crippen LogP contribution in [-0.4, -0.2) is 17.0 Å². The Kier molecular flexibility index (Phi) is 3.22. The van der Waals surface area contributed by atoms with Crippen LogP contribution in [0.5, 0.6) is 0 Å². The van der Waals surface area contributed by atoms with Gasteiger partial charge in [0.2, 0.25) is 11.7 Å². The molecule has 0 unspecified atom stereocenters. The standard InChI is InChI=1S/C15H12ClNO4/c1-8-10(4-13(21-8)15(19)20)7-17-12-6-11(16)3-2-9(12)5-14(17)18/h2-4,6H,5,7H2,1H3,(H,19,20). The molecule has 0 atom stereocenters. The van der Waals surface area contributed by atoms with Crippen LogP contribution in [-0.2, 0) is 17.8 Å². The Morgan fingerprint density at radius 1 is 1.43 bits per heavy atom. The highest BCUT2D eigenvalue weighted by Crippen LogP contribution is 2.33. The lowest BCUT2D eigenvalue weighted by atomic mass is 10.1. The van der Waals surface area contributed by atoms with Gasteiger partial charge in [-0.15, -0.1) is 0 Å². The van der Waals surface area contributed by atoms with Gasteiger partial charge in [0.1, 0.15) is 5.76 Å². The third kappa shape index (κ3) is 2.40. The molecule has 6 heteroatoms. The second-order valence-corrected chi connectivity index (χ2v) is 5.36. The molecule has 1 aliphatic heterocycles. The van der Waals surface area contributed by atoms with Crippen LogP contribution in [0.3, 0.4) is 0 Å². The van der Waals surface area contributed by atoms with Gasteiger partial charge in [-0.1, -0.05) is 17.7 Å². The highest BCUT2D eigenvalue weighted by atomic mass is 35.5. The van der Waals surface area contributed by atoms with E-state index in [0.29, 0.717) is 22.8 Å². The van der Waals surface area contributed by atoms with E-state index in [1.165, 1.54) is 6.07 Å². The first-order chi connectivity index (χ1) is 9.95. The smallest absolute Gasteiger partial charge is 0.371 e. The first-order valence-electron chi connectivity index (χ1n) is 6.37. The van der Waals surface area contributed by atoms with Crippen molar-refractivity contribution in [3.63, 3.8) is 0 Å². The molecule has 108 valence electrons. The minimum Gasteiger partial charge on any atom is -0.475 e. The van der Waals surface area contributed by atoms with E-state index in [2.05, 4.69) is 0 Å². The van der Waals surface area contributed by atoms with Crippen LogP contribution in [0.1, 0.15) is 27.4 Å². The number of hydrogen-bond donors (Lipinski definition) is 1. The molecular weight excluding hydrogens is 294 g/mol. The molecule has 1 aromatic carbocycles. The SMILES string of the molecule is Cc1oc(C(=O)O)cc1CN1C(=O)Cc2ccc(Cl)cc21. The summed E-state index contributed by atoms with van der Waals surface area (Å²) in [6.45, 7) is 1.95. The molecule has 0 radical (unpaired) electrons. The zero-order valence-corrected chi connectivity index (χ0v) is 12.0. The van der Waals surface area contributed by atoms with Crippen molar-refractivity contribution in [2.24, 2.45) is 0 Å². The van der Waals surface area contributed by atoms with Gasteiger partial charge < -0.3 is 14.4 Å². The fourth-order valence-electron chi connectivity index (χ4n) is 2.46. The minimum atomic E-state index is -1.12. The van der Waals surface area contributed by atoms with Gasteiger partial charge in [0.05, 0.1) is 13.0 Å². The summed E-state index contributed by atoms with van der Waals surface area (Å²) in [5, 5.41) is 9.50. The maximum atomic E-state index is 12.1. The first kappa shape index (κ1) is 13.7. The van der Waals surface area contributed by atoms with Gasteiger partial charge in [-0.2, -0.15) is 0 Å². The largest absolute Gasteiger partial charge is 0.475 e. The lowest BCUT2D eigenvalue weighted by Crippen LogP contribution is -2.26. The van der Waals surface area contributed by atoms with Gasteiger partial charge in [-0.25, -0.2) is 4.79 Å². The number of aromatic carboxylic acids is 1. The van der Waals surface area contributed by atoms with Crippen LogP contribution in [0.15, 0.2) is 28.7 Å². The quantitative estimate of drug-likeness (QED) is 0.946. The van der Waals surface area contributed by atoms with Crippen molar-refractivity contribution in [2.75, 3.05) is 4.90 Å². The molecule has 0 saturated heterocycles. The third-order valence-electron chi connectivity index (χ3n) is 3.54. The Labute approximate surface area is 125 Å². The van der Waals surface area contributed by atoms with Crippen molar-refractivity contribution < 1.29 is 19.1 Å². The number of furan rings is 1. The molecule has 2 aromatic rings. The average molecular weight is 306 g/mol. The minimum absolute atomic E-state index is 0.0373. The predicted octanol–water partition coefficient (Wildman–Crippen LogP) is 3.03. The fraction of sp³-hybridized carbons (Fsp3) is 0.200. The third-order valence-corrected chi connectivity index (χ3v) is 3.78. The van der Waals surface area contributed by atoms with E-state index in [9.17, 15) is 9.59 Å². The molecule has 21 heavy (non-hydrogen) atoms. The predicted molar refractivity (Wildman–Crippen MR) is 76.8 cm³/mol. The van der Waals surface area contributed by atoms with Crippen LogP contribution in [0.2, 0.25) is 5.02 Å². The Morgan fingerprint density at radius 2 is 2.19 bits per heavy atom. The first-order valence-corrected chi connectivity index (χ1v) is 6.75. The van der Waals surface area contributed by atoms with Gasteiger partial charge in [-0.05, 0) is 30.7 Å². The van der Waals surface area contributed by atoms with Crippen LogP contribution in [0.4, 0.5) is 5.69 Å². The number of amides is 1. The van der Waals surface area contributed by atoms with Crippen LogP contribution < -0.4 is 4.90 Å². The molecule has 0 spiro atoms. The van der Waals surface area contributed by atoms with Crippen molar-refractivity contribution in [3.8, 4) is 0 Å².